The summed E-state index contributed by atoms with van der Waals surface area (Å²) in [5.74, 6) is 1.12. The molecule has 0 spiro atoms. The van der Waals surface area contributed by atoms with E-state index in [4.69, 9.17) is 4.74 Å². The van der Waals surface area contributed by atoms with Gasteiger partial charge in [0.2, 0.25) is 0 Å². The summed E-state index contributed by atoms with van der Waals surface area (Å²) in [6.07, 6.45) is 7.05. The quantitative estimate of drug-likeness (QED) is 0.681. The summed E-state index contributed by atoms with van der Waals surface area (Å²) in [5, 5.41) is 4.40. The van der Waals surface area contributed by atoms with Gasteiger partial charge in [-0.15, -0.1) is 0 Å². The maximum absolute atomic E-state index is 5.05. The Balaban J connectivity index is 1.97. The van der Waals surface area contributed by atoms with Crippen LogP contribution in [0.4, 0.5) is 0 Å². The molecule has 0 radical (unpaired) electrons. The number of rotatable bonds is 7. The highest BCUT2D eigenvalue weighted by atomic mass is 32.2. The first-order valence-corrected chi connectivity index (χ1v) is 7.21. The molecular formula is C12H25NOS. The smallest absolute Gasteiger partial charge is 0.0553 e. The molecule has 15 heavy (non-hydrogen) atoms. The molecule has 1 aliphatic rings. The van der Waals surface area contributed by atoms with Crippen LogP contribution in [-0.4, -0.2) is 37.3 Å². The van der Waals surface area contributed by atoms with E-state index in [1.54, 1.807) is 7.11 Å². The zero-order chi connectivity index (χ0) is 10.9. The van der Waals surface area contributed by atoms with Gasteiger partial charge in [-0.3, -0.25) is 0 Å². The van der Waals surface area contributed by atoms with Crippen LogP contribution in [0.25, 0.3) is 0 Å². The van der Waals surface area contributed by atoms with Gasteiger partial charge in [0.25, 0.3) is 0 Å². The zero-order valence-electron chi connectivity index (χ0n) is 10.1. The summed E-state index contributed by atoms with van der Waals surface area (Å²) in [6, 6.07) is 0.796. The van der Waals surface area contributed by atoms with E-state index in [1.165, 1.54) is 32.1 Å². The summed E-state index contributed by atoms with van der Waals surface area (Å²) in [6.45, 7) is 4.33. The van der Waals surface area contributed by atoms with Gasteiger partial charge in [-0.2, -0.15) is 11.8 Å². The summed E-state index contributed by atoms with van der Waals surface area (Å²) in [4.78, 5) is 0. The van der Waals surface area contributed by atoms with Crippen molar-refractivity contribution in [1.29, 1.82) is 0 Å². The molecule has 0 saturated heterocycles. The highest BCUT2D eigenvalue weighted by Crippen LogP contribution is 2.18. The molecular weight excluding hydrogens is 206 g/mol. The molecule has 0 heterocycles. The molecule has 0 aliphatic heterocycles. The van der Waals surface area contributed by atoms with Gasteiger partial charge in [0.05, 0.1) is 6.61 Å². The van der Waals surface area contributed by atoms with Crippen molar-refractivity contribution < 1.29 is 4.74 Å². The monoisotopic (exact) mass is 231 g/mol. The fourth-order valence-electron chi connectivity index (χ4n) is 2.03. The minimum atomic E-state index is 0.710. The zero-order valence-corrected chi connectivity index (χ0v) is 10.9. The van der Waals surface area contributed by atoms with Crippen LogP contribution < -0.4 is 5.32 Å². The fourth-order valence-corrected chi connectivity index (χ4v) is 2.91. The van der Waals surface area contributed by atoms with E-state index in [2.05, 4.69) is 12.2 Å². The number of hydrogen-bond donors (Lipinski definition) is 1. The molecule has 0 aromatic heterocycles. The summed E-state index contributed by atoms with van der Waals surface area (Å²) >= 11 is 2.00. The van der Waals surface area contributed by atoms with Crippen LogP contribution in [0.1, 0.15) is 39.0 Å². The van der Waals surface area contributed by atoms with Gasteiger partial charge in [0.15, 0.2) is 0 Å². The Hall–Kier alpha value is 0.270. The number of methoxy groups -OCH3 is 1. The third-order valence-corrected chi connectivity index (χ3v) is 4.13. The minimum Gasteiger partial charge on any atom is -0.384 e. The van der Waals surface area contributed by atoms with Crippen LogP contribution in [-0.2, 0) is 4.74 Å². The summed E-state index contributed by atoms with van der Waals surface area (Å²) in [7, 11) is 1.77. The molecule has 0 bridgehead atoms. The van der Waals surface area contributed by atoms with Crippen molar-refractivity contribution in [3.8, 4) is 0 Å². The largest absolute Gasteiger partial charge is 0.384 e. The molecule has 3 heteroatoms. The third kappa shape index (κ3) is 6.44. The first kappa shape index (κ1) is 13.3. The van der Waals surface area contributed by atoms with Crippen molar-refractivity contribution in [3.63, 3.8) is 0 Å². The average Bonchev–Trinajstić information content (AvgIpc) is 2.28. The highest BCUT2D eigenvalue weighted by Gasteiger charge is 2.13. The lowest BCUT2D eigenvalue weighted by atomic mass is 9.95. The molecule has 0 aromatic carbocycles. The molecule has 1 N–H and O–H groups in total. The van der Waals surface area contributed by atoms with E-state index in [0.717, 1.165) is 24.9 Å². The normalized spacial score (nSPS) is 20.4. The predicted octanol–water partition coefficient (Wildman–Crippen LogP) is 2.68. The molecule has 1 saturated carbocycles. The second-order valence-corrected chi connectivity index (χ2v) is 5.96. The van der Waals surface area contributed by atoms with Gasteiger partial charge in [-0.1, -0.05) is 26.2 Å². The Morgan fingerprint density at radius 2 is 2.07 bits per heavy atom. The van der Waals surface area contributed by atoms with Gasteiger partial charge < -0.3 is 10.1 Å². The Morgan fingerprint density at radius 1 is 1.33 bits per heavy atom. The second kappa shape index (κ2) is 8.43. The van der Waals surface area contributed by atoms with Crippen molar-refractivity contribution in [2.24, 2.45) is 0 Å². The van der Waals surface area contributed by atoms with Crippen molar-refractivity contribution in [1.82, 2.24) is 5.32 Å². The minimum absolute atomic E-state index is 0.710. The van der Waals surface area contributed by atoms with Gasteiger partial charge in [0, 0.05) is 30.7 Å². The van der Waals surface area contributed by atoms with Crippen molar-refractivity contribution in [2.75, 3.05) is 26.0 Å². The number of nitrogens with one attached hydrogen (secondary N) is 1. The molecule has 90 valence electrons. The average molecular weight is 231 g/mol. The first-order valence-electron chi connectivity index (χ1n) is 6.17. The summed E-state index contributed by atoms with van der Waals surface area (Å²) < 4.78 is 5.05. The molecule has 1 atom stereocenters. The van der Waals surface area contributed by atoms with Crippen LogP contribution in [0.2, 0.25) is 0 Å². The number of ether oxygens (including phenoxy) is 1. The second-order valence-electron chi connectivity index (χ2n) is 4.42. The predicted molar refractivity (Wildman–Crippen MR) is 68.7 cm³/mol. The van der Waals surface area contributed by atoms with E-state index in [9.17, 15) is 0 Å². The van der Waals surface area contributed by atoms with E-state index < -0.39 is 0 Å². The Kier molecular flexibility index (Phi) is 7.49. The lowest BCUT2D eigenvalue weighted by Gasteiger charge is -2.24. The van der Waals surface area contributed by atoms with E-state index in [-0.39, 0.29) is 0 Å². The van der Waals surface area contributed by atoms with E-state index >= 15 is 0 Å². The van der Waals surface area contributed by atoms with Crippen LogP contribution in [0, 0.1) is 0 Å². The van der Waals surface area contributed by atoms with Crippen LogP contribution in [0.3, 0.4) is 0 Å². The highest BCUT2D eigenvalue weighted by molar-refractivity contribution is 7.99. The lowest BCUT2D eigenvalue weighted by Crippen LogP contribution is -2.35. The molecule has 0 aromatic rings. The van der Waals surface area contributed by atoms with Gasteiger partial charge >= 0.3 is 0 Å². The number of hydrogen-bond acceptors (Lipinski definition) is 3. The lowest BCUT2D eigenvalue weighted by molar-refractivity contribution is 0.218. The molecule has 0 amide bonds. The third-order valence-electron chi connectivity index (χ3n) is 2.99. The van der Waals surface area contributed by atoms with Gasteiger partial charge in [0.1, 0.15) is 0 Å². The molecule has 1 aliphatic carbocycles. The maximum atomic E-state index is 5.05. The Labute approximate surface area is 98.5 Å². The Morgan fingerprint density at radius 3 is 2.73 bits per heavy atom. The van der Waals surface area contributed by atoms with Gasteiger partial charge in [-0.05, 0) is 12.8 Å². The van der Waals surface area contributed by atoms with Crippen molar-refractivity contribution in [2.45, 2.75) is 50.3 Å². The molecule has 1 unspecified atom stereocenters. The van der Waals surface area contributed by atoms with E-state index in [0.29, 0.717) is 5.25 Å². The maximum Gasteiger partial charge on any atom is 0.0553 e. The first-order chi connectivity index (χ1) is 7.33. The molecule has 1 rings (SSSR count). The molecule has 1 fully saturated rings. The SMILES string of the molecule is COCCSC(C)CNC1CCCCC1. The number of thioether (sulfide) groups is 1. The van der Waals surface area contributed by atoms with Crippen LogP contribution in [0.15, 0.2) is 0 Å². The van der Waals surface area contributed by atoms with Crippen LogP contribution >= 0.6 is 11.8 Å². The Bertz CT molecular complexity index is 149. The topological polar surface area (TPSA) is 21.3 Å². The molecule has 2 nitrogen and oxygen atoms in total. The van der Waals surface area contributed by atoms with Crippen molar-refractivity contribution >= 4 is 11.8 Å². The van der Waals surface area contributed by atoms with Gasteiger partial charge in [-0.25, -0.2) is 0 Å². The van der Waals surface area contributed by atoms with E-state index in [1.807, 2.05) is 11.8 Å². The van der Waals surface area contributed by atoms with Crippen LogP contribution in [0.5, 0.6) is 0 Å². The standard InChI is InChI=1S/C12H25NOS/c1-11(15-9-8-14-2)10-13-12-6-4-3-5-7-12/h11-13H,3-10H2,1-2H3. The van der Waals surface area contributed by atoms with Crippen molar-refractivity contribution in [3.05, 3.63) is 0 Å². The fraction of sp³-hybridized carbons (Fsp3) is 1.00. The summed E-state index contributed by atoms with van der Waals surface area (Å²) in [5.41, 5.74) is 0.